The van der Waals surface area contributed by atoms with Crippen molar-refractivity contribution in [1.82, 2.24) is 9.97 Å². The van der Waals surface area contributed by atoms with Gasteiger partial charge in [-0.15, -0.1) is 0 Å². The van der Waals surface area contributed by atoms with Crippen molar-refractivity contribution in [2.75, 3.05) is 6.26 Å². The maximum absolute atomic E-state index is 11.3. The molecule has 0 fully saturated rings. The second-order valence-corrected chi connectivity index (χ2v) is 5.52. The van der Waals surface area contributed by atoms with Crippen molar-refractivity contribution in [3.63, 3.8) is 0 Å². The molecule has 1 aromatic carbocycles. The molecule has 1 unspecified atom stereocenters. The first-order valence-corrected chi connectivity index (χ1v) is 7.41. The fraction of sp³-hybridized carbons (Fsp3) is 0.143. The van der Waals surface area contributed by atoms with E-state index in [1.54, 1.807) is 12.5 Å². The number of hydrogen-bond acceptors (Lipinski definition) is 4. The third-order valence-electron chi connectivity index (χ3n) is 2.78. The smallest absolute Gasteiger partial charge is 0.230 e. The molecule has 2 aromatic heterocycles. The fourth-order valence-electron chi connectivity index (χ4n) is 1.89. The van der Waals surface area contributed by atoms with E-state index < -0.39 is 10.8 Å². The molecule has 0 amide bonds. The van der Waals surface area contributed by atoms with Gasteiger partial charge in [0.05, 0.1) is 16.2 Å². The number of nitrogens with zero attached hydrogens (tertiary/aromatic N) is 2. The van der Waals surface area contributed by atoms with Crippen molar-refractivity contribution < 1.29 is 8.63 Å². The number of aromatic nitrogens is 2. The first-order chi connectivity index (χ1) is 9.22. The molecule has 2 heterocycles. The molecule has 96 valence electrons. The standard InChI is InChI=1S/C14H12N2O2S/c1-19(17)14-15-9-11-8-12(18-13(11)16-14)7-10-5-3-2-4-6-10/h2-6,8-9H,7H2,1H3. The van der Waals surface area contributed by atoms with E-state index in [1.807, 2.05) is 36.4 Å². The Bertz CT molecular complexity index is 738. The molecular formula is C14H12N2O2S. The molecule has 19 heavy (non-hydrogen) atoms. The van der Waals surface area contributed by atoms with Crippen LogP contribution in [0.4, 0.5) is 0 Å². The van der Waals surface area contributed by atoms with Gasteiger partial charge in [0.15, 0.2) is 0 Å². The Morgan fingerprint density at radius 1 is 1.26 bits per heavy atom. The molecule has 3 rings (SSSR count). The molecule has 0 saturated heterocycles. The van der Waals surface area contributed by atoms with E-state index in [9.17, 15) is 4.21 Å². The lowest BCUT2D eigenvalue weighted by Gasteiger charge is -1.96. The molecular weight excluding hydrogens is 260 g/mol. The summed E-state index contributed by atoms with van der Waals surface area (Å²) in [6, 6.07) is 12.0. The van der Waals surface area contributed by atoms with E-state index in [0.717, 1.165) is 11.1 Å². The summed E-state index contributed by atoms with van der Waals surface area (Å²) in [6.07, 6.45) is 3.91. The van der Waals surface area contributed by atoms with Gasteiger partial charge in [-0.1, -0.05) is 30.3 Å². The van der Waals surface area contributed by atoms with Crippen LogP contribution in [0.25, 0.3) is 11.1 Å². The topological polar surface area (TPSA) is 56.0 Å². The van der Waals surface area contributed by atoms with Gasteiger partial charge in [0.25, 0.3) is 0 Å². The highest BCUT2D eigenvalue weighted by atomic mass is 32.2. The SMILES string of the molecule is CS(=O)c1ncc2cc(Cc3ccccc3)oc2n1. The van der Waals surface area contributed by atoms with Gasteiger partial charge in [0, 0.05) is 18.9 Å². The van der Waals surface area contributed by atoms with E-state index >= 15 is 0 Å². The number of furan rings is 1. The molecule has 0 saturated carbocycles. The molecule has 0 N–H and O–H groups in total. The molecule has 0 radical (unpaired) electrons. The summed E-state index contributed by atoms with van der Waals surface area (Å²) in [7, 11) is -1.20. The van der Waals surface area contributed by atoms with Crippen LogP contribution in [0.5, 0.6) is 0 Å². The van der Waals surface area contributed by atoms with Crippen LogP contribution in [-0.4, -0.2) is 20.4 Å². The monoisotopic (exact) mass is 272 g/mol. The Labute approximate surface area is 113 Å². The Hall–Kier alpha value is -2.01. The van der Waals surface area contributed by atoms with Crippen LogP contribution in [0.1, 0.15) is 11.3 Å². The second-order valence-electron chi connectivity index (χ2n) is 4.24. The zero-order valence-corrected chi connectivity index (χ0v) is 11.2. The zero-order valence-electron chi connectivity index (χ0n) is 10.4. The molecule has 0 spiro atoms. The number of benzene rings is 1. The van der Waals surface area contributed by atoms with Gasteiger partial charge < -0.3 is 4.42 Å². The number of fused-ring (bicyclic) bond motifs is 1. The van der Waals surface area contributed by atoms with E-state index in [-0.39, 0.29) is 0 Å². The summed E-state index contributed by atoms with van der Waals surface area (Å²) >= 11 is 0. The normalized spacial score (nSPS) is 12.7. The third-order valence-corrected chi connectivity index (χ3v) is 3.49. The van der Waals surface area contributed by atoms with Gasteiger partial charge in [-0.25, -0.2) is 4.98 Å². The van der Waals surface area contributed by atoms with Crippen molar-refractivity contribution in [3.05, 3.63) is 53.9 Å². The van der Waals surface area contributed by atoms with Crippen molar-refractivity contribution in [1.29, 1.82) is 0 Å². The van der Waals surface area contributed by atoms with Crippen LogP contribution in [0.2, 0.25) is 0 Å². The Morgan fingerprint density at radius 3 is 2.79 bits per heavy atom. The molecule has 0 aliphatic rings. The molecule has 0 aliphatic heterocycles. The van der Waals surface area contributed by atoms with E-state index in [4.69, 9.17) is 4.42 Å². The molecule has 5 heteroatoms. The molecule has 1 atom stereocenters. The first-order valence-electron chi connectivity index (χ1n) is 5.85. The van der Waals surface area contributed by atoms with E-state index in [0.29, 0.717) is 17.3 Å². The molecule has 0 aliphatic carbocycles. The Morgan fingerprint density at radius 2 is 2.05 bits per heavy atom. The Balaban J connectivity index is 1.95. The Kier molecular flexibility index (Phi) is 3.13. The average molecular weight is 272 g/mol. The third kappa shape index (κ3) is 2.56. The molecule has 4 nitrogen and oxygen atoms in total. The molecule has 0 bridgehead atoms. The highest BCUT2D eigenvalue weighted by Crippen LogP contribution is 2.19. The van der Waals surface area contributed by atoms with Gasteiger partial charge in [-0.05, 0) is 11.6 Å². The van der Waals surface area contributed by atoms with Crippen LogP contribution in [-0.2, 0) is 17.2 Å². The predicted molar refractivity (Wildman–Crippen MR) is 73.4 cm³/mol. The van der Waals surface area contributed by atoms with Gasteiger partial charge in [-0.2, -0.15) is 4.98 Å². The maximum atomic E-state index is 11.3. The second kappa shape index (κ2) is 4.93. The number of rotatable bonds is 3. The predicted octanol–water partition coefficient (Wildman–Crippen LogP) is 2.55. The van der Waals surface area contributed by atoms with Gasteiger partial charge in [0.2, 0.25) is 10.9 Å². The quantitative estimate of drug-likeness (QED) is 0.688. The fourth-order valence-corrected chi connectivity index (χ4v) is 2.30. The highest BCUT2D eigenvalue weighted by Gasteiger charge is 2.09. The van der Waals surface area contributed by atoms with E-state index in [2.05, 4.69) is 9.97 Å². The lowest BCUT2D eigenvalue weighted by atomic mass is 10.1. The van der Waals surface area contributed by atoms with Crippen molar-refractivity contribution in [2.24, 2.45) is 0 Å². The zero-order chi connectivity index (χ0) is 13.2. The van der Waals surface area contributed by atoms with Gasteiger partial charge in [0.1, 0.15) is 5.76 Å². The minimum Gasteiger partial charge on any atom is -0.442 e. The minimum atomic E-state index is -1.20. The van der Waals surface area contributed by atoms with Crippen LogP contribution in [0, 0.1) is 0 Å². The van der Waals surface area contributed by atoms with Crippen molar-refractivity contribution in [3.8, 4) is 0 Å². The molecule has 3 aromatic rings. The van der Waals surface area contributed by atoms with Crippen LogP contribution in [0.3, 0.4) is 0 Å². The first kappa shape index (κ1) is 12.0. The van der Waals surface area contributed by atoms with E-state index in [1.165, 1.54) is 5.56 Å². The maximum Gasteiger partial charge on any atom is 0.230 e. The summed E-state index contributed by atoms with van der Waals surface area (Å²) < 4.78 is 17.0. The summed E-state index contributed by atoms with van der Waals surface area (Å²) in [5.74, 6) is 0.828. The van der Waals surface area contributed by atoms with Gasteiger partial charge >= 0.3 is 0 Å². The lowest BCUT2D eigenvalue weighted by molar-refractivity contribution is 0.548. The minimum absolute atomic E-state index is 0.299. The summed E-state index contributed by atoms with van der Waals surface area (Å²) in [5.41, 5.74) is 1.67. The summed E-state index contributed by atoms with van der Waals surface area (Å²) in [4.78, 5) is 8.21. The van der Waals surface area contributed by atoms with Gasteiger partial charge in [-0.3, -0.25) is 4.21 Å². The number of hydrogen-bond donors (Lipinski definition) is 0. The highest BCUT2D eigenvalue weighted by molar-refractivity contribution is 7.84. The van der Waals surface area contributed by atoms with Crippen molar-refractivity contribution in [2.45, 2.75) is 11.6 Å². The largest absolute Gasteiger partial charge is 0.442 e. The van der Waals surface area contributed by atoms with Crippen LogP contribution >= 0.6 is 0 Å². The average Bonchev–Trinajstić information content (AvgIpc) is 2.80. The lowest BCUT2D eigenvalue weighted by Crippen LogP contribution is -1.95. The summed E-state index contributed by atoms with van der Waals surface area (Å²) in [6.45, 7) is 0. The van der Waals surface area contributed by atoms with Crippen molar-refractivity contribution >= 4 is 21.9 Å². The summed E-state index contributed by atoms with van der Waals surface area (Å²) in [5, 5.41) is 1.13. The van der Waals surface area contributed by atoms with Crippen LogP contribution < -0.4 is 0 Å². The van der Waals surface area contributed by atoms with Crippen LogP contribution in [0.15, 0.2) is 52.2 Å².